The van der Waals surface area contributed by atoms with E-state index >= 15 is 0 Å². The average Bonchev–Trinajstić information content (AvgIpc) is 2.97. The first-order valence-corrected chi connectivity index (χ1v) is 7.21. The minimum Gasteiger partial charge on any atom is -0.341 e. The highest BCUT2D eigenvalue weighted by Gasteiger charge is 2.20. The average molecular weight is 252 g/mol. The number of hydrogen-bond acceptors (Lipinski definition) is 3. The van der Waals surface area contributed by atoms with E-state index in [4.69, 9.17) is 0 Å². The lowest BCUT2D eigenvalue weighted by atomic mass is 10.2. The summed E-state index contributed by atoms with van der Waals surface area (Å²) in [6, 6.07) is 4.54. The number of carbonyl (C=O) groups is 1. The van der Waals surface area contributed by atoms with Crippen LogP contribution < -0.4 is 5.32 Å². The number of likely N-dealkylation sites (N-methyl/N-ethyl adjacent to an activating group) is 1. The third-order valence-electron chi connectivity index (χ3n) is 3.24. The molecule has 1 aliphatic heterocycles. The monoisotopic (exact) mass is 252 g/mol. The Hall–Kier alpha value is -0.870. The summed E-state index contributed by atoms with van der Waals surface area (Å²) in [6.07, 6.45) is 2.99. The van der Waals surface area contributed by atoms with E-state index in [-0.39, 0.29) is 5.91 Å². The Morgan fingerprint density at radius 1 is 1.65 bits per heavy atom. The van der Waals surface area contributed by atoms with Crippen LogP contribution in [0.1, 0.15) is 24.6 Å². The van der Waals surface area contributed by atoms with Crippen LogP contribution in [0.5, 0.6) is 0 Å². The van der Waals surface area contributed by atoms with Crippen LogP contribution in [-0.2, 0) is 11.2 Å². The summed E-state index contributed by atoms with van der Waals surface area (Å²) in [6.45, 7) is 4.83. The van der Waals surface area contributed by atoms with E-state index in [9.17, 15) is 4.79 Å². The minimum atomic E-state index is 0.253. The SMILES string of the molecule is CCN(CC1CCCN1)C(=O)Cc1cccs1. The summed E-state index contributed by atoms with van der Waals surface area (Å²) in [4.78, 5) is 15.3. The zero-order valence-electron chi connectivity index (χ0n) is 10.3. The Bertz CT molecular complexity index is 344. The molecule has 0 radical (unpaired) electrons. The van der Waals surface area contributed by atoms with Gasteiger partial charge >= 0.3 is 0 Å². The molecular formula is C13H20N2OS. The van der Waals surface area contributed by atoms with Crippen LogP contribution in [0.15, 0.2) is 17.5 Å². The molecule has 1 saturated heterocycles. The third-order valence-corrected chi connectivity index (χ3v) is 4.12. The smallest absolute Gasteiger partial charge is 0.227 e. The molecule has 1 amide bonds. The highest BCUT2D eigenvalue weighted by Crippen LogP contribution is 2.12. The fourth-order valence-electron chi connectivity index (χ4n) is 2.26. The van der Waals surface area contributed by atoms with Gasteiger partial charge < -0.3 is 10.2 Å². The molecular weight excluding hydrogens is 232 g/mol. The van der Waals surface area contributed by atoms with Crippen molar-refractivity contribution in [3.05, 3.63) is 22.4 Å². The molecule has 17 heavy (non-hydrogen) atoms. The largest absolute Gasteiger partial charge is 0.341 e. The molecule has 1 atom stereocenters. The lowest BCUT2D eigenvalue weighted by Crippen LogP contribution is -2.41. The first kappa shape index (κ1) is 12.6. The van der Waals surface area contributed by atoms with Crippen LogP contribution in [-0.4, -0.2) is 36.5 Å². The van der Waals surface area contributed by atoms with Gasteiger partial charge in [0.05, 0.1) is 6.42 Å². The van der Waals surface area contributed by atoms with Crippen molar-refractivity contribution in [2.24, 2.45) is 0 Å². The van der Waals surface area contributed by atoms with Crippen LogP contribution in [0.25, 0.3) is 0 Å². The number of rotatable bonds is 5. The van der Waals surface area contributed by atoms with Crippen molar-refractivity contribution in [1.29, 1.82) is 0 Å². The number of amides is 1. The molecule has 3 nitrogen and oxygen atoms in total. The zero-order chi connectivity index (χ0) is 12.1. The van der Waals surface area contributed by atoms with Crippen molar-refractivity contribution in [1.82, 2.24) is 10.2 Å². The van der Waals surface area contributed by atoms with Crippen molar-refractivity contribution in [2.75, 3.05) is 19.6 Å². The highest BCUT2D eigenvalue weighted by atomic mass is 32.1. The fraction of sp³-hybridized carbons (Fsp3) is 0.615. The summed E-state index contributed by atoms with van der Waals surface area (Å²) < 4.78 is 0. The molecule has 1 aromatic heterocycles. The van der Waals surface area contributed by atoms with E-state index in [0.29, 0.717) is 12.5 Å². The molecule has 1 aromatic rings. The van der Waals surface area contributed by atoms with Gasteiger partial charge in [0.25, 0.3) is 0 Å². The van der Waals surface area contributed by atoms with Crippen molar-refractivity contribution >= 4 is 17.2 Å². The second-order valence-electron chi connectivity index (χ2n) is 4.48. The van der Waals surface area contributed by atoms with Gasteiger partial charge in [-0.25, -0.2) is 0 Å². The molecule has 0 aliphatic carbocycles. The molecule has 2 heterocycles. The normalized spacial score (nSPS) is 19.5. The number of carbonyl (C=O) groups excluding carboxylic acids is 1. The van der Waals surface area contributed by atoms with Gasteiger partial charge in [0, 0.05) is 24.0 Å². The fourth-order valence-corrected chi connectivity index (χ4v) is 2.96. The van der Waals surface area contributed by atoms with E-state index in [1.165, 1.54) is 12.8 Å². The first-order chi connectivity index (χ1) is 8.29. The van der Waals surface area contributed by atoms with E-state index in [0.717, 1.165) is 24.5 Å². The maximum atomic E-state index is 12.1. The predicted molar refractivity (Wildman–Crippen MR) is 71.3 cm³/mol. The van der Waals surface area contributed by atoms with E-state index < -0.39 is 0 Å². The van der Waals surface area contributed by atoms with Gasteiger partial charge in [0.15, 0.2) is 0 Å². The molecule has 0 saturated carbocycles. The summed E-state index contributed by atoms with van der Waals surface area (Å²) in [7, 11) is 0. The maximum Gasteiger partial charge on any atom is 0.227 e. The van der Waals surface area contributed by atoms with Gasteiger partial charge in [-0.15, -0.1) is 11.3 Å². The van der Waals surface area contributed by atoms with Gasteiger partial charge in [-0.1, -0.05) is 6.07 Å². The van der Waals surface area contributed by atoms with Gasteiger partial charge in [-0.3, -0.25) is 4.79 Å². The molecule has 0 spiro atoms. The van der Waals surface area contributed by atoms with Gasteiger partial charge in [0.2, 0.25) is 5.91 Å². The predicted octanol–water partition coefficient (Wildman–Crippen LogP) is 1.89. The number of hydrogen-bond donors (Lipinski definition) is 1. The molecule has 1 aliphatic rings. The van der Waals surface area contributed by atoms with Crippen molar-refractivity contribution in [3.8, 4) is 0 Å². The first-order valence-electron chi connectivity index (χ1n) is 6.33. The van der Waals surface area contributed by atoms with E-state index in [1.54, 1.807) is 11.3 Å². The summed E-state index contributed by atoms with van der Waals surface area (Å²) >= 11 is 1.66. The molecule has 1 unspecified atom stereocenters. The maximum absolute atomic E-state index is 12.1. The molecule has 1 fully saturated rings. The Morgan fingerprint density at radius 2 is 2.53 bits per heavy atom. The summed E-state index contributed by atoms with van der Waals surface area (Å²) in [5.41, 5.74) is 0. The van der Waals surface area contributed by atoms with Crippen molar-refractivity contribution in [3.63, 3.8) is 0 Å². The lowest BCUT2D eigenvalue weighted by molar-refractivity contribution is -0.130. The Kier molecular flexibility index (Phi) is 4.57. The molecule has 4 heteroatoms. The Balaban J connectivity index is 1.86. The van der Waals surface area contributed by atoms with Gasteiger partial charge in [0.1, 0.15) is 0 Å². The number of thiophene rings is 1. The molecule has 2 rings (SSSR count). The summed E-state index contributed by atoms with van der Waals surface area (Å²) in [5, 5.41) is 5.47. The third kappa shape index (κ3) is 3.54. The molecule has 1 N–H and O–H groups in total. The van der Waals surface area contributed by atoms with Crippen LogP contribution in [0.4, 0.5) is 0 Å². The summed E-state index contributed by atoms with van der Waals surface area (Å²) in [5.74, 6) is 0.253. The van der Waals surface area contributed by atoms with Crippen LogP contribution in [0.3, 0.4) is 0 Å². The second kappa shape index (κ2) is 6.17. The second-order valence-corrected chi connectivity index (χ2v) is 5.51. The van der Waals surface area contributed by atoms with Crippen LogP contribution in [0.2, 0.25) is 0 Å². The number of nitrogens with one attached hydrogen (secondary N) is 1. The van der Waals surface area contributed by atoms with Crippen LogP contribution in [0, 0.1) is 0 Å². The quantitative estimate of drug-likeness (QED) is 0.868. The van der Waals surface area contributed by atoms with E-state index in [2.05, 4.69) is 12.2 Å². The van der Waals surface area contributed by atoms with Gasteiger partial charge in [-0.05, 0) is 37.8 Å². The van der Waals surface area contributed by atoms with E-state index in [1.807, 2.05) is 22.4 Å². The minimum absolute atomic E-state index is 0.253. The lowest BCUT2D eigenvalue weighted by Gasteiger charge is -2.24. The van der Waals surface area contributed by atoms with Crippen molar-refractivity contribution < 1.29 is 4.79 Å². The Labute approximate surface area is 107 Å². The van der Waals surface area contributed by atoms with Gasteiger partial charge in [-0.2, -0.15) is 0 Å². The van der Waals surface area contributed by atoms with Crippen molar-refractivity contribution in [2.45, 2.75) is 32.2 Å². The molecule has 94 valence electrons. The highest BCUT2D eigenvalue weighted by molar-refractivity contribution is 7.10. The number of nitrogens with zero attached hydrogens (tertiary/aromatic N) is 1. The topological polar surface area (TPSA) is 32.3 Å². The molecule has 0 aromatic carbocycles. The standard InChI is InChI=1S/C13H20N2OS/c1-2-15(10-11-5-3-7-14-11)13(16)9-12-6-4-8-17-12/h4,6,8,11,14H,2-3,5,7,9-10H2,1H3. The van der Waals surface area contributed by atoms with Crippen LogP contribution >= 0.6 is 11.3 Å². The Morgan fingerprint density at radius 3 is 3.12 bits per heavy atom. The molecule has 0 bridgehead atoms. The zero-order valence-corrected chi connectivity index (χ0v) is 11.1.